The molecule has 1 saturated carbocycles. The van der Waals surface area contributed by atoms with E-state index in [1.54, 1.807) is 0 Å². The van der Waals surface area contributed by atoms with Gasteiger partial charge in [0.1, 0.15) is 0 Å². The van der Waals surface area contributed by atoms with Gasteiger partial charge in [0.05, 0.1) is 0 Å². The van der Waals surface area contributed by atoms with Crippen LogP contribution < -0.4 is 0 Å². The molecule has 0 spiro atoms. The summed E-state index contributed by atoms with van der Waals surface area (Å²) in [5.74, 6) is 3.57. The number of hydrogen-bond acceptors (Lipinski definition) is 0. The van der Waals surface area contributed by atoms with Crippen molar-refractivity contribution in [2.24, 2.45) is 34.5 Å². The highest BCUT2D eigenvalue weighted by molar-refractivity contribution is 5.10. The van der Waals surface area contributed by atoms with Gasteiger partial charge in [0.25, 0.3) is 0 Å². The van der Waals surface area contributed by atoms with Gasteiger partial charge in [0, 0.05) is 0 Å². The van der Waals surface area contributed by atoms with Crippen LogP contribution in [0.15, 0.2) is 0 Å². The molecule has 126 valence electrons. The van der Waals surface area contributed by atoms with Gasteiger partial charge < -0.3 is 0 Å². The highest BCUT2D eigenvalue weighted by Crippen LogP contribution is 2.68. The quantitative estimate of drug-likeness (QED) is 0.370. The van der Waals surface area contributed by atoms with Crippen molar-refractivity contribution in [1.82, 2.24) is 0 Å². The van der Waals surface area contributed by atoms with Crippen molar-refractivity contribution in [3.05, 3.63) is 0 Å². The summed E-state index contributed by atoms with van der Waals surface area (Å²) < 4.78 is 0. The summed E-state index contributed by atoms with van der Waals surface area (Å²) >= 11 is 0. The molecule has 0 N–H and O–H groups in total. The Labute approximate surface area is 135 Å². The maximum absolute atomic E-state index is 2.57. The maximum atomic E-state index is 2.57. The molecule has 4 unspecified atom stereocenters. The van der Waals surface area contributed by atoms with Gasteiger partial charge in [-0.1, -0.05) is 93.9 Å². The van der Waals surface area contributed by atoms with Gasteiger partial charge in [0.15, 0.2) is 0 Å². The van der Waals surface area contributed by atoms with E-state index in [4.69, 9.17) is 0 Å². The molecule has 0 aromatic rings. The fourth-order valence-corrected chi connectivity index (χ4v) is 4.86. The second-order valence-electron chi connectivity index (χ2n) is 9.00. The van der Waals surface area contributed by atoms with Gasteiger partial charge in [-0.05, 0) is 40.9 Å². The zero-order valence-electron chi connectivity index (χ0n) is 16.3. The molecule has 0 heteroatoms. The highest BCUT2D eigenvalue weighted by atomic mass is 14.7. The number of rotatable bonds is 10. The SMILES string of the molecule is CCCCCCC(CC)C(C)C(C)(C)C1(C)CC1C(C)C. The van der Waals surface area contributed by atoms with Gasteiger partial charge in [-0.3, -0.25) is 0 Å². The summed E-state index contributed by atoms with van der Waals surface area (Å²) in [6.45, 7) is 19.8. The third-order valence-electron chi connectivity index (χ3n) is 7.38. The van der Waals surface area contributed by atoms with E-state index in [1.165, 1.54) is 44.9 Å². The minimum atomic E-state index is 0.480. The average molecular weight is 295 g/mol. The molecule has 0 nitrogen and oxygen atoms in total. The molecule has 0 saturated heterocycles. The van der Waals surface area contributed by atoms with Gasteiger partial charge in [0.2, 0.25) is 0 Å². The van der Waals surface area contributed by atoms with Crippen LogP contribution in [-0.4, -0.2) is 0 Å². The second kappa shape index (κ2) is 7.51. The summed E-state index contributed by atoms with van der Waals surface area (Å²) in [6, 6.07) is 0. The fourth-order valence-electron chi connectivity index (χ4n) is 4.86. The van der Waals surface area contributed by atoms with Crippen LogP contribution in [0, 0.1) is 34.5 Å². The first-order valence-corrected chi connectivity index (χ1v) is 9.72. The molecule has 1 fully saturated rings. The molecular weight excluding hydrogens is 252 g/mol. The van der Waals surface area contributed by atoms with Crippen molar-refractivity contribution in [1.29, 1.82) is 0 Å². The van der Waals surface area contributed by atoms with Crippen molar-refractivity contribution in [3.8, 4) is 0 Å². The molecule has 0 bridgehead atoms. The second-order valence-corrected chi connectivity index (χ2v) is 9.00. The average Bonchev–Trinajstić information content (AvgIpc) is 3.13. The summed E-state index contributed by atoms with van der Waals surface area (Å²) in [4.78, 5) is 0. The van der Waals surface area contributed by atoms with E-state index in [9.17, 15) is 0 Å². The Morgan fingerprint density at radius 2 is 1.67 bits per heavy atom. The lowest BCUT2D eigenvalue weighted by molar-refractivity contribution is 0.0518. The van der Waals surface area contributed by atoms with Gasteiger partial charge >= 0.3 is 0 Å². The first kappa shape index (κ1) is 19.0. The summed E-state index contributed by atoms with van der Waals surface area (Å²) in [5.41, 5.74) is 1.06. The predicted octanol–water partition coefficient (Wildman–Crippen LogP) is 7.33. The van der Waals surface area contributed by atoms with E-state index in [0.29, 0.717) is 10.8 Å². The molecule has 21 heavy (non-hydrogen) atoms. The van der Waals surface area contributed by atoms with Crippen molar-refractivity contribution in [3.63, 3.8) is 0 Å². The van der Waals surface area contributed by atoms with Crippen LogP contribution in [0.4, 0.5) is 0 Å². The lowest BCUT2D eigenvalue weighted by Crippen LogP contribution is -2.36. The van der Waals surface area contributed by atoms with E-state index in [1.807, 2.05) is 0 Å². The molecule has 1 aliphatic carbocycles. The smallest absolute Gasteiger partial charge is 0.0238 e. The first-order chi connectivity index (χ1) is 9.72. The Bertz CT molecular complexity index is 301. The Hall–Kier alpha value is 0. The molecule has 0 aliphatic heterocycles. The first-order valence-electron chi connectivity index (χ1n) is 9.72. The van der Waals surface area contributed by atoms with Gasteiger partial charge in [-0.15, -0.1) is 0 Å². The van der Waals surface area contributed by atoms with E-state index >= 15 is 0 Å². The Morgan fingerprint density at radius 3 is 2.10 bits per heavy atom. The Balaban J connectivity index is 2.63. The summed E-state index contributed by atoms with van der Waals surface area (Å²) in [6.07, 6.45) is 9.91. The standard InChI is InChI=1S/C21H42/c1-9-11-12-13-14-18(10-2)17(5)20(6,7)21(8)15-19(21)16(3)4/h16-19H,9-15H2,1-8H3. The van der Waals surface area contributed by atoms with Crippen LogP contribution in [-0.2, 0) is 0 Å². The van der Waals surface area contributed by atoms with Crippen LogP contribution in [0.2, 0.25) is 0 Å². The third kappa shape index (κ3) is 4.05. The summed E-state index contributed by atoms with van der Waals surface area (Å²) in [5, 5.41) is 0. The minimum absolute atomic E-state index is 0.480. The molecule has 0 amide bonds. The highest BCUT2D eigenvalue weighted by Gasteiger charge is 2.61. The fraction of sp³-hybridized carbons (Fsp3) is 1.00. The maximum Gasteiger partial charge on any atom is -0.0238 e. The van der Waals surface area contributed by atoms with E-state index < -0.39 is 0 Å². The molecule has 0 heterocycles. The van der Waals surface area contributed by atoms with Crippen LogP contribution in [0.3, 0.4) is 0 Å². The molecule has 1 aliphatic rings. The lowest BCUT2D eigenvalue weighted by atomic mass is 9.61. The topological polar surface area (TPSA) is 0 Å². The third-order valence-corrected chi connectivity index (χ3v) is 7.38. The van der Waals surface area contributed by atoms with Crippen LogP contribution >= 0.6 is 0 Å². The van der Waals surface area contributed by atoms with Gasteiger partial charge in [-0.2, -0.15) is 0 Å². The van der Waals surface area contributed by atoms with E-state index in [2.05, 4.69) is 55.4 Å². The van der Waals surface area contributed by atoms with Crippen molar-refractivity contribution in [2.45, 2.75) is 100 Å². The zero-order valence-corrected chi connectivity index (χ0v) is 16.3. The van der Waals surface area contributed by atoms with Crippen LogP contribution in [0.1, 0.15) is 100 Å². The zero-order chi connectivity index (χ0) is 16.3. The number of unbranched alkanes of at least 4 members (excludes halogenated alkanes) is 3. The summed E-state index contributed by atoms with van der Waals surface area (Å²) in [7, 11) is 0. The van der Waals surface area contributed by atoms with Gasteiger partial charge in [-0.25, -0.2) is 0 Å². The normalized spacial score (nSPS) is 28.7. The van der Waals surface area contributed by atoms with Crippen molar-refractivity contribution < 1.29 is 0 Å². The Kier molecular flexibility index (Phi) is 6.81. The molecule has 0 radical (unpaired) electrons. The van der Waals surface area contributed by atoms with Crippen molar-refractivity contribution in [2.75, 3.05) is 0 Å². The van der Waals surface area contributed by atoms with E-state index in [0.717, 1.165) is 23.7 Å². The van der Waals surface area contributed by atoms with Crippen LogP contribution in [0.25, 0.3) is 0 Å². The molecule has 0 aromatic carbocycles. The van der Waals surface area contributed by atoms with Crippen molar-refractivity contribution >= 4 is 0 Å². The largest absolute Gasteiger partial charge is 0.0654 e. The monoisotopic (exact) mass is 294 g/mol. The Morgan fingerprint density at radius 1 is 1.05 bits per heavy atom. The molecule has 1 rings (SSSR count). The predicted molar refractivity (Wildman–Crippen MR) is 96.5 cm³/mol. The lowest BCUT2D eigenvalue weighted by Gasteiger charge is -2.43. The minimum Gasteiger partial charge on any atom is -0.0654 e. The van der Waals surface area contributed by atoms with Crippen LogP contribution in [0.5, 0.6) is 0 Å². The number of hydrogen-bond donors (Lipinski definition) is 0. The molecule has 0 aromatic heterocycles. The molecular formula is C21H42. The van der Waals surface area contributed by atoms with E-state index in [-0.39, 0.29) is 0 Å². The molecule has 4 atom stereocenters.